The molecule has 0 nitrogen and oxygen atoms in total. The summed E-state index contributed by atoms with van der Waals surface area (Å²) in [5, 5.41) is 0. The predicted octanol–water partition coefficient (Wildman–Crippen LogP) is 7.36. The van der Waals surface area contributed by atoms with Gasteiger partial charge in [0, 0.05) is 11.1 Å². The second-order valence-electron chi connectivity index (χ2n) is 7.53. The van der Waals surface area contributed by atoms with Crippen LogP contribution < -0.4 is 0 Å². The molecule has 0 fully saturated rings. The Labute approximate surface area is 170 Å². The lowest BCUT2D eigenvalue weighted by molar-refractivity contribution is 0.795. The Kier molecular flexibility index (Phi) is 7.10. The second kappa shape index (κ2) is 9.95. The monoisotopic (exact) mass is 366 g/mol. The molecule has 0 heterocycles. The minimum atomic E-state index is 1.07. The Morgan fingerprint density at radius 3 is 1.93 bits per heavy atom. The van der Waals surface area contributed by atoms with Crippen molar-refractivity contribution in [1.82, 2.24) is 0 Å². The van der Waals surface area contributed by atoms with E-state index in [9.17, 15) is 0 Å². The summed E-state index contributed by atoms with van der Waals surface area (Å²) in [4.78, 5) is 0. The first-order chi connectivity index (χ1) is 13.7. The van der Waals surface area contributed by atoms with E-state index in [0.29, 0.717) is 0 Å². The van der Waals surface area contributed by atoms with Gasteiger partial charge in [0.05, 0.1) is 0 Å². The van der Waals surface area contributed by atoms with Crippen LogP contribution >= 0.6 is 0 Å². The molecule has 0 amide bonds. The fourth-order valence-electron chi connectivity index (χ4n) is 3.41. The van der Waals surface area contributed by atoms with E-state index >= 15 is 0 Å². The molecule has 0 heteroatoms. The van der Waals surface area contributed by atoms with Crippen molar-refractivity contribution < 1.29 is 0 Å². The molecule has 0 saturated heterocycles. The lowest BCUT2D eigenvalue weighted by atomic mass is 9.98. The van der Waals surface area contributed by atoms with Crippen LogP contribution in [0, 0.1) is 18.8 Å². The molecule has 0 N–H and O–H groups in total. The summed E-state index contributed by atoms with van der Waals surface area (Å²) in [5.74, 6) is 6.65. The highest BCUT2D eigenvalue weighted by molar-refractivity contribution is 5.66. The summed E-state index contributed by atoms with van der Waals surface area (Å²) in [5.41, 5.74) is 8.74. The van der Waals surface area contributed by atoms with Crippen LogP contribution in [0.1, 0.15) is 60.9 Å². The molecule has 28 heavy (non-hydrogen) atoms. The van der Waals surface area contributed by atoms with Gasteiger partial charge in [-0.2, -0.15) is 0 Å². The van der Waals surface area contributed by atoms with Crippen molar-refractivity contribution in [3.63, 3.8) is 0 Å². The molecule has 0 atom stereocenters. The van der Waals surface area contributed by atoms with Gasteiger partial charge in [-0.15, -0.1) is 0 Å². The Balaban J connectivity index is 1.74. The first kappa shape index (κ1) is 20.0. The summed E-state index contributed by atoms with van der Waals surface area (Å²) >= 11 is 0. The molecule has 142 valence electrons. The highest BCUT2D eigenvalue weighted by atomic mass is 14.1. The van der Waals surface area contributed by atoms with Crippen molar-refractivity contribution in [2.24, 2.45) is 0 Å². The number of benzene rings is 3. The molecule has 0 aliphatic heterocycles. The number of aryl methyl sites for hydroxylation is 3. The fourth-order valence-corrected chi connectivity index (χ4v) is 3.41. The Morgan fingerprint density at radius 2 is 1.29 bits per heavy atom. The zero-order chi connectivity index (χ0) is 19.8. The lowest BCUT2D eigenvalue weighted by Gasteiger charge is -2.07. The van der Waals surface area contributed by atoms with Gasteiger partial charge in [-0.05, 0) is 72.2 Å². The van der Waals surface area contributed by atoms with Crippen LogP contribution in [0.3, 0.4) is 0 Å². The third-order valence-corrected chi connectivity index (χ3v) is 5.17. The van der Waals surface area contributed by atoms with Crippen molar-refractivity contribution in [1.29, 1.82) is 0 Å². The van der Waals surface area contributed by atoms with E-state index in [4.69, 9.17) is 0 Å². The average Bonchev–Trinajstić information content (AvgIpc) is 2.73. The molecule has 3 aromatic rings. The van der Waals surface area contributed by atoms with Crippen LogP contribution in [-0.2, 0) is 12.8 Å². The van der Waals surface area contributed by atoms with Crippen molar-refractivity contribution in [3.8, 4) is 23.0 Å². The van der Waals surface area contributed by atoms with Crippen LogP contribution in [0.4, 0.5) is 0 Å². The summed E-state index contributed by atoms with van der Waals surface area (Å²) in [6.45, 7) is 6.59. The molecule has 3 rings (SSSR count). The molecular formula is C28H30. The van der Waals surface area contributed by atoms with Crippen LogP contribution in [0.25, 0.3) is 11.1 Å². The van der Waals surface area contributed by atoms with E-state index in [2.05, 4.69) is 99.3 Å². The topological polar surface area (TPSA) is 0 Å². The largest absolute Gasteiger partial charge is 0.0654 e. The van der Waals surface area contributed by atoms with Crippen LogP contribution in [0.5, 0.6) is 0 Å². The van der Waals surface area contributed by atoms with E-state index in [-0.39, 0.29) is 0 Å². The molecule has 0 aromatic heterocycles. The Morgan fingerprint density at radius 1 is 0.643 bits per heavy atom. The molecular weight excluding hydrogens is 336 g/mol. The van der Waals surface area contributed by atoms with Crippen molar-refractivity contribution in [2.45, 2.75) is 52.9 Å². The maximum Gasteiger partial charge on any atom is 0.0278 e. The van der Waals surface area contributed by atoms with E-state index in [0.717, 1.165) is 17.5 Å². The Bertz CT molecular complexity index is 948. The van der Waals surface area contributed by atoms with Gasteiger partial charge in [0.2, 0.25) is 0 Å². The zero-order valence-corrected chi connectivity index (χ0v) is 17.4. The number of unbranched alkanes of at least 4 members (excludes halogenated alkanes) is 1. The van der Waals surface area contributed by atoms with E-state index in [1.54, 1.807) is 0 Å². The van der Waals surface area contributed by atoms with Gasteiger partial charge in [0.1, 0.15) is 0 Å². The van der Waals surface area contributed by atoms with E-state index in [1.807, 2.05) is 0 Å². The third-order valence-electron chi connectivity index (χ3n) is 5.17. The highest BCUT2D eigenvalue weighted by Gasteiger charge is 2.02. The maximum atomic E-state index is 3.34. The molecule has 3 aromatic carbocycles. The minimum Gasteiger partial charge on any atom is -0.0654 e. The third kappa shape index (κ3) is 5.37. The molecule has 0 saturated carbocycles. The van der Waals surface area contributed by atoms with Crippen molar-refractivity contribution in [2.75, 3.05) is 0 Å². The second-order valence-corrected chi connectivity index (χ2v) is 7.53. The van der Waals surface area contributed by atoms with Gasteiger partial charge >= 0.3 is 0 Å². The number of rotatable bonds is 6. The fraction of sp³-hybridized carbons (Fsp3) is 0.286. The smallest absolute Gasteiger partial charge is 0.0278 e. The SMILES string of the molecule is CCCCc1ccc(-c2ccc(C#Cc3ccc(CCC)cc3)c(C)c2)cc1. The maximum absolute atomic E-state index is 3.34. The number of hydrogen-bond acceptors (Lipinski definition) is 0. The average molecular weight is 367 g/mol. The standard InChI is InChI=1S/C28H30/c1-4-6-8-24-14-17-27(18-15-24)28-20-19-26(22(3)21-28)16-13-25-11-9-23(7-5-2)10-12-25/h9-12,14-15,17-21H,4-8H2,1-3H3. The molecule has 0 aliphatic carbocycles. The van der Waals surface area contributed by atoms with Gasteiger partial charge in [0.15, 0.2) is 0 Å². The quantitative estimate of drug-likeness (QED) is 0.400. The van der Waals surface area contributed by atoms with Crippen LogP contribution in [-0.4, -0.2) is 0 Å². The summed E-state index contributed by atoms with van der Waals surface area (Å²) in [7, 11) is 0. The van der Waals surface area contributed by atoms with Gasteiger partial charge in [-0.3, -0.25) is 0 Å². The van der Waals surface area contributed by atoms with Crippen LogP contribution in [0.15, 0.2) is 66.7 Å². The predicted molar refractivity (Wildman–Crippen MR) is 122 cm³/mol. The van der Waals surface area contributed by atoms with Gasteiger partial charge in [0.25, 0.3) is 0 Å². The van der Waals surface area contributed by atoms with Gasteiger partial charge < -0.3 is 0 Å². The lowest BCUT2D eigenvalue weighted by Crippen LogP contribution is -1.87. The van der Waals surface area contributed by atoms with E-state index < -0.39 is 0 Å². The Hall–Kier alpha value is -2.78. The highest BCUT2D eigenvalue weighted by Crippen LogP contribution is 2.23. The normalized spacial score (nSPS) is 10.4. The summed E-state index contributed by atoms with van der Waals surface area (Å²) in [6, 6.07) is 24.2. The van der Waals surface area contributed by atoms with Gasteiger partial charge in [-0.1, -0.05) is 87.1 Å². The molecule has 0 bridgehead atoms. The first-order valence-corrected chi connectivity index (χ1v) is 10.5. The van der Waals surface area contributed by atoms with Gasteiger partial charge in [-0.25, -0.2) is 0 Å². The molecule has 0 spiro atoms. The zero-order valence-electron chi connectivity index (χ0n) is 17.4. The summed E-state index contributed by atoms with van der Waals surface area (Å²) in [6.07, 6.45) is 5.98. The number of hydrogen-bond donors (Lipinski definition) is 0. The molecule has 0 unspecified atom stereocenters. The minimum absolute atomic E-state index is 1.07. The summed E-state index contributed by atoms with van der Waals surface area (Å²) < 4.78 is 0. The van der Waals surface area contributed by atoms with Crippen molar-refractivity contribution in [3.05, 3.63) is 94.5 Å². The van der Waals surface area contributed by atoms with Crippen molar-refractivity contribution >= 4 is 0 Å². The molecule has 0 radical (unpaired) electrons. The first-order valence-electron chi connectivity index (χ1n) is 10.5. The molecule has 0 aliphatic rings. The van der Waals surface area contributed by atoms with Crippen LogP contribution in [0.2, 0.25) is 0 Å². The van der Waals surface area contributed by atoms with E-state index in [1.165, 1.54) is 53.5 Å².